The Morgan fingerprint density at radius 2 is 1.87 bits per heavy atom. The Bertz CT molecular complexity index is 618. The summed E-state index contributed by atoms with van der Waals surface area (Å²) in [6, 6.07) is 15.4. The number of benzene rings is 2. The average Bonchev–Trinajstić information content (AvgIpc) is 2.54. The number of halogens is 2. The molecule has 6 heteroatoms. The van der Waals surface area contributed by atoms with Gasteiger partial charge >= 0.3 is 0 Å². The van der Waals surface area contributed by atoms with Crippen molar-refractivity contribution in [3.8, 4) is 5.75 Å². The Morgan fingerprint density at radius 1 is 1.13 bits per heavy atom. The van der Waals surface area contributed by atoms with Crippen LogP contribution in [0.3, 0.4) is 0 Å². The Balaban J connectivity index is 0.00000264. The Hall–Kier alpha value is -1.75. The first-order chi connectivity index (χ1) is 10.7. The molecule has 0 aliphatic carbocycles. The second kappa shape index (κ2) is 10.1. The number of carbonyl (C=O) groups excluding carboxylic acids is 1. The third-order valence-electron chi connectivity index (χ3n) is 3.14. The molecule has 2 rings (SSSR count). The average molecular weight is 355 g/mol. The van der Waals surface area contributed by atoms with Crippen LogP contribution in [0.25, 0.3) is 0 Å². The van der Waals surface area contributed by atoms with E-state index < -0.39 is 0 Å². The molecule has 0 spiro atoms. The van der Waals surface area contributed by atoms with Crippen molar-refractivity contribution in [3.05, 3.63) is 64.7 Å². The molecule has 0 unspecified atom stereocenters. The molecule has 0 aliphatic rings. The van der Waals surface area contributed by atoms with Gasteiger partial charge in [-0.05, 0) is 41.8 Å². The van der Waals surface area contributed by atoms with E-state index in [9.17, 15) is 4.79 Å². The minimum atomic E-state index is -0.138. The molecule has 2 aromatic rings. The zero-order valence-corrected chi connectivity index (χ0v) is 14.2. The fraction of sp³-hybridized carbons (Fsp3) is 0.235. The quantitative estimate of drug-likeness (QED) is 0.803. The van der Waals surface area contributed by atoms with Crippen LogP contribution in [-0.4, -0.2) is 19.0 Å². The fourth-order valence-electron chi connectivity index (χ4n) is 1.96. The lowest BCUT2D eigenvalue weighted by atomic mass is 10.1. The summed E-state index contributed by atoms with van der Waals surface area (Å²) in [5.74, 6) is 0.663. The monoisotopic (exact) mass is 354 g/mol. The Labute approximate surface area is 147 Å². The molecule has 0 radical (unpaired) electrons. The SMILES string of the molecule is Cl.NCC(=O)NCCc1ccc(OCc2cccc(Cl)c2)cc1. The number of nitrogens with one attached hydrogen (secondary N) is 1. The van der Waals surface area contributed by atoms with Gasteiger partial charge < -0.3 is 15.8 Å². The van der Waals surface area contributed by atoms with Gasteiger partial charge in [0.25, 0.3) is 0 Å². The summed E-state index contributed by atoms with van der Waals surface area (Å²) in [6.07, 6.45) is 0.764. The number of rotatable bonds is 7. The number of carbonyl (C=O) groups is 1. The number of nitrogens with two attached hydrogens (primary N) is 1. The van der Waals surface area contributed by atoms with Crippen LogP contribution in [0.1, 0.15) is 11.1 Å². The molecule has 124 valence electrons. The van der Waals surface area contributed by atoms with Crippen LogP contribution in [0.15, 0.2) is 48.5 Å². The third kappa shape index (κ3) is 6.91. The van der Waals surface area contributed by atoms with Crippen molar-refractivity contribution in [3.63, 3.8) is 0 Å². The largest absolute Gasteiger partial charge is 0.489 e. The van der Waals surface area contributed by atoms with Crippen LogP contribution < -0.4 is 15.8 Å². The van der Waals surface area contributed by atoms with Crippen molar-refractivity contribution in [2.75, 3.05) is 13.1 Å². The van der Waals surface area contributed by atoms with Gasteiger partial charge in [-0.1, -0.05) is 35.9 Å². The predicted molar refractivity (Wildman–Crippen MR) is 95.2 cm³/mol. The van der Waals surface area contributed by atoms with Crippen molar-refractivity contribution in [1.29, 1.82) is 0 Å². The molecule has 0 atom stereocenters. The van der Waals surface area contributed by atoms with Gasteiger partial charge in [0.2, 0.25) is 5.91 Å². The topological polar surface area (TPSA) is 64.4 Å². The number of hydrogen-bond acceptors (Lipinski definition) is 3. The van der Waals surface area contributed by atoms with E-state index >= 15 is 0 Å². The summed E-state index contributed by atoms with van der Waals surface area (Å²) in [6.45, 7) is 1.08. The van der Waals surface area contributed by atoms with E-state index in [2.05, 4.69) is 5.32 Å². The van der Waals surface area contributed by atoms with Crippen LogP contribution in [0.2, 0.25) is 5.02 Å². The molecule has 2 aromatic carbocycles. The summed E-state index contributed by atoms with van der Waals surface area (Å²) in [5, 5.41) is 3.44. The normalized spacial score (nSPS) is 9.83. The van der Waals surface area contributed by atoms with Gasteiger partial charge in [-0.25, -0.2) is 0 Å². The minimum Gasteiger partial charge on any atom is -0.489 e. The second-order valence-corrected chi connectivity index (χ2v) is 5.30. The molecule has 0 aromatic heterocycles. The maximum absolute atomic E-state index is 11.0. The van der Waals surface area contributed by atoms with Gasteiger partial charge in [0, 0.05) is 11.6 Å². The molecule has 23 heavy (non-hydrogen) atoms. The Kier molecular flexibility index (Phi) is 8.48. The maximum atomic E-state index is 11.0. The molecule has 0 aliphatic heterocycles. The lowest BCUT2D eigenvalue weighted by Crippen LogP contribution is -2.31. The molecule has 0 fully saturated rings. The van der Waals surface area contributed by atoms with E-state index in [1.165, 1.54) is 0 Å². The minimum absolute atomic E-state index is 0. The molecule has 0 saturated heterocycles. The molecule has 3 N–H and O–H groups in total. The van der Waals surface area contributed by atoms with Gasteiger partial charge in [-0.15, -0.1) is 12.4 Å². The van der Waals surface area contributed by atoms with Gasteiger partial charge in [-0.2, -0.15) is 0 Å². The zero-order chi connectivity index (χ0) is 15.8. The highest BCUT2D eigenvalue weighted by atomic mass is 35.5. The third-order valence-corrected chi connectivity index (χ3v) is 3.37. The van der Waals surface area contributed by atoms with Crippen LogP contribution >= 0.6 is 24.0 Å². The van der Waals surface area contributed by atoms with E-state index in [0.717, 1.165) is 23.3 Å². The van der Waals surface area contributed by atoms with Gasteiger partial charge in [0.05, 0.1) is 6.54 Å². The summed E-state index contributed by atoms with van der Waals surface area (Å²) in [5.41, 5.74) is 7.39. The molecular weight excluding hydrogens is 335 g/mol. The van der Waals surface area contributed by atoms with Gasteiger partial charge in [0.1, 0.15) is 12.4 Å². The number of hydrogen-bond donors (Lipinski definition) is 2. The summed E-state index contributed by atoms with van der Waals surface area (Å²) >= 11 is 5.94. The van der Waals surface area contributed by atoms with Crippen molar-refractivity contribution >= 4 is 29.9 Å². The van der Waals surface area contributed by atoms with E-state index in [0.29, 0.717) is 18.2 Å². The smallest absolute Gasteiger partial charge is 0.233 e. The lowest BCUT2D eigenvalue weighted by Gasteiger charge is -2.08. The van der Waals surface area contributed by atoms with Crippen LogP contribution in [0.4, 0.5) is 0 Å². The number of ether oxygens (including phenoxy) is 1. The number of amides is 1. The lowest BCUT2D eigenvalue weighted by molar-refractivity contribution is -0.119. The second-order valence-electron chi connectivity index (χ2n) is 4.87. The fourth-order valence-corrected chi connectivity index (χ4v) is 2.18. The van der Waals surface area contributed by atoms with Gasteiger partial charge in [-0.3, -0.25) is 4.79 Å². The highest BCUT2D eigenvalue weighted by Gasteiger charge is 2.00. The van der Waals surface area contributed by atoms with Crippen LogP contribution in [-0.2, 0) is 17.8 Å². The molecule has 4 nitrogen and oxygen atoms in total. The first-order valence-electron chi connectivity index (χ1n) is 7.10. The van der Waals surface area contributed by atoms with E-state index in [1.54, 1.807) is 0 Å². The van der Waals surface area contributed by atoms with Crippen LogP contribution in [0.5, 0.6) is 5.75 Å². The molecule has 1 amide bonds. The summed E-state index contributed by atoms with van der Waals surface area (Å²) in [7, 11) is 0. The van der Waals surface area contributed by atoms with Crippen LogP contribution in [0, 0.1) is 0 Å². The van der Waals surface area contributed by atoms with E-state index in [1.807, 2.05) is 48.5 Å². The maximum Gasteiger partial charge on any atom is 0.233 e. The van der Waals surface area contributed by atoms with Gasteiger partial charge in [0.15, 0.2) is 0 Å². The first kappa shape index (κ1) is 19.3. The summed E-state index contributed by atoms with van der Waals surface area (Å²) < 4.78 is 5.72. The molecule has 0 bridgehead atoms. The van der Waals surface area contributed by atoms with Crippen molar-refractivity contribution < 1.29 is 9.53 Å². The highest BCUT2D eigenvalue weighted by molar-refractivity contribution is 6.30. The highest BCUT2D eigenvalue weighted by Crippen LogP contribution is 2.16. The standard InChI is InChI=1S/C17H19ClN2O2.ClH/c18-15-3-1-2-14(10-15)12-22-16-6-4-13(5-7-16)8-9-20-17(21)11-19;/h1-7,10H,8-9,11-12,19H2,(H,20,21);1H. The molecular formula is C17H20Cl2N2O2. The zero-order valence-electron chi connectivity index (χ0n) is 12.6. The van der Waals surface area contributed by atoms with E-state index in [4.69, 9.17) is 22.1 Å². The Morgan fingerprint density at radius 3 is 2.52 bits per heavy atom. The molecule has 0 saturated carbocycles. The summed E-state index contributed by atoms with van der Waals surface area (Å²) in [4.78, 5) is 11.0. The van der Waals surface area contributed by atoms with Crippen molar-refractivity contribution in [2.45, 2.75) is 13.0 Å². The molecule has 0 heterocycles. The van der Waals surface area contributed by atoms with Crippen molar-refractivity contribution in [1.82, 2.24) is 5.32 Å². The van der Waals surface area contributed by atoms with E-state index in [-0.39, 0.29) is 24.9 Å². The van der Waals surface area contributed by atoms with Crippen molar-refractivity contribution in [2.24, 2.45) is 5.73 Å². The first-order valence-corrected chi connectivity index (χ1v) is 7.48. The predicted octanol–water partition coefficient (Wildman–Crippen LogP) is 2.96.